The Labute approximate surface area is 198 Å². The van der Waals surface area contributed by atoms with Crippen LogP contribution in [0.1, 0.15) is 59.2 Å². The number of esters is 1. The molecule has 0 aliphatic rings. The molecule has 0 saturated heterocycles. The lowest BCUT2D eigenvalue weighted by molar-refractivity contribution is -0.132. The van der Waals surface area contributed by atoms with Crippen LogP contribution in [0.25, 0.3) is 0 Å². The van der Waals surface area contributed by atoms with Crippen molar-refractivity contribution in [3.05, 3.63) is 58.4 Å². The topological polar surface area (TPSA) is 77.9 Å². The number of aliphatic hydroxyl groups excluding tert-OH is 1. The van der Waals surface area contributed by atoms with Gasteiger partial charge in [0.1, 0.15) is 0 Å². The van der Waals surface area contributed by atoms with E-state index in [2.05, 4.69) is 36.2 Å². The summed E-state index contributed by atoms with van der Waals surface area (Å²) in [6, 6.07) is 0. The number of nitrogens with zero attached hydrogens (tertiary/aromatic N) is 1. The van der Waals surface area contributed by atoms with Gasteiger partial charge in [-0.25, -0.2) is 4.98 Å². The molecule has 0 radical (unpaired) electrons. The first-order valence-electron chi connectivity index (χ1n) is 11.2. The van der Waals surface area contributed by atoms with Gasteiger partial charge in [-0.1, -0.05) is 48.5 Å². The number of carbonyl (C=O) groups is 1. The molecule has 0 fully saturated rings. The van der Waals surface area contributed by atoms with Crippen molar-refractivity contribution in [2.24, 2.45) is 5.92 Å². The first kappa shape index (κ1) is 28.2. The van der Waals surface area contributed by atoms with Crippen molar-refractivity contribution < 1.29 is 24.1 Å². The molecular weight excluding hydrogens is 418 g/mol. The maximum Gasteiger partial charge on any atom is 0.308 e. The van der Waals surface area contributed by atoms with Crippen LogP contribution in [0.2, 0.25) is 0 Å². The van der Waals surface area contributed by atoms with Crippen LogP contribution in [-0.2, 0) is 11.2 Å². The van der Waals surface area contributed by atoms with Gasteiger partial charge < -0.3 is 19.3 Å². The highest BCUT2D eigenvalue weighted by Crippen LogP contribution is 2.40. The monoisotopic (exact) mass is 457 g/mol. The van der Waals surface area contributed by atoms with Gasteiger partial charge in [-0.2, -0.15) is 0 Å². The van der Waals surface area contributed by atoms with Gasteiger partial charge in [0.25, 0.3) is 5.88 Å². The van der Waals surface area contributed by atoms with Crippen LogP contribution in [0.5, 0.6) is 17.4 Å². The van der Waals surface area contributed by atoms with E-state index in [-0.39, 0.29) is 11.8 Å². The summed E-state index contributed by atoms with van der Waals surface area (Å²) in [6.07, 6.45) is 11.2. The summed E-state index contributed by atoms with van der Waals surface area (Å²) in [5.74, 6) is 0.545. The van der Waals surface area contributed by atoms with Gasteiger partial charge in [0.2, 0.25) is 5.75 Å². The van der Waals surface area contributed by atoms with E-state index < -0.39 is 12.1 Å². The molecule has 0 amide bonds. The SMILES string of the molecule is C/C=C(\C)[C@H](O)[C@H](C)/C=C(C)/C=C/C/C(C)=C/Cc1nc(OC)c(OC)c(OC(C)=O)c1C. The summed E-state index contributed by atoms with van der Waals surface area (Å²) in [7, 11) is 2.99. The third-order valence-electron chi connectivity index (χ3n) is 5.46. The van der Waals surface area contributed by atoms with Gasteiger partial charge >= 0.3 is 5.97 Å². The standard InChI is InChI=1S/C27H39NO5/c1-10-19(4)24(30)20(5)16-18(3)13-11-12-17(2)14-15-23-21(6)25(33-22(7)29)26(31-8)27(28-23)32-9/h10-11,13-14,16,20,24,30H,12,15H2,1-9H3/b13-11+,17-14+,18-16+,19-10+/t20-,24+/m1/s1. The van der Waals surface area contributed by atoms with Crippen LogP contribution >= 0.6 is 0 Å². The van der Waals surface area contributed by atoms with Crippen LogP contribution in [0.4, 0.5) is 0 Å². The van der Waals surface area contributed by atoms with Crippen molar-refractivity contribution in [1.29, 1.82) is 0 Å². The molecule has 1 aromatic rings. The Morgan fingerprint density at radius 3 is 2.33 bits per heavy atom. The number of aromatic nitrogens is 1. The molecule has 182 valence electrons. The summed E-state index contributed by atoms with van der Waals surface area (Å²) in [5, 5.41) is 10.3. The average Bonchev–Trinajstić information content (AvgIpc) is 2.77. The Morgan fingerprint density at radius 2 is 1.79 bits per heavy atom. The number of hydrogen-bond donors (Lipinski definition) is 1. The number of pyridine rings is 1. The zero-order chi connectivity index (χ0) is 25.1. The summed E-state index contributed by atoms with van der Waals surface area (Å²) >= 11 is 0. The number of hydrogen-bond acceptors (Lipinski definition) is 6. The molecule has 0 aromatic carbocycles. The van der Waals surface area contributed by atoms with Crippen LogP contribution in [0.3, 0.4) is 0 Å². The summed E-state index contributed by atoms with van der Waals surface area (Å²) in [4.78, 5) is 16.1. The molecule has 0 spiro atoms. The Bertz CT molecular complexity index is 940. The zero-order valence-electron chi connectivity index (χ0n) is 21.5. The number of carbonyl (C=O) groups excluding carboxylic acids is 1. The average molecular weight is 458 g/mol. The number of rotatable bonds is 11. The Kier molecular flexibility index (Phi) is 11.6. The third-order valence-corrected chi connectivity index (χ3v) is 5.46. The van der Waals surface area contributed by atoms with Gasteiger partial charge in [-0.3, -0.25) is 4.79 Å². The number of ether oxygens (including phenoxy) is 3. The molecule has 0 aliphatic heterocycles. The predicted octanol–water partition coefficient (Wildman–Crippen LogP) is 5.68. The number of aliphatic hydroxyl groups is 1. The smallest absolute Gasteiger partial charge is 0.308 e. The van der Waals surface area contributed by atoms with E-state index in [1.54, 1.807) is 0 Å². The highest BCUT2D eigenvalue weighted by Gasteiger charge is 2.21. The van der Waals surface area contributed by atoms with Gasteiger partial charge in [-0.05, 0) is 46.6 Å². The Morgan fingerprint density at radius 1 is 1.12 bits per heavy atom. The van der Waals surface area contributed by atoms with Crippen molar-refractivity contribution in [2.75, 3.05) is 14.2 Å². The van der Waals surface area contributed by atoms with E-state index in [4.69, 9.17) is 14.2 Å². The summed E-state index contributed by atoms with van der Waals surface area (Å²) in [5.41, 5.74) is 4.77. The third kappa shape index (κ3) is 8.54. The minimum absolute atomic E-state index is 0.0491. The number of allylic oxidation sites excluding steroid dienone is 6. The van der Waals surface area contributed by atoms with Crippen molar-refractivity contribution in [1.82, 2.24) is 4.98 Å². The van der Waals surface area contributed by atoms with Crippen LogP contribution in [0, 0.1) is 12.8 Å². The molecular formula is C27H39NO5. The molecule has 2 atom stereocenters. The van der Waals surface area contributed by atoms with E-state index in [0.717, 1.165) is 28.8 Å². The van der Waals surface area contributed by atoms with E-state index in [0.29, 0.717) is 17.9 Å². The zero-order valence-corrected chi connectivity index (χ0v) is 21.5. The second kappa shape index (κ2) is 13.6. The molecule has 33 heavy (non-hydrogen) atoms. The molecule has 1 rings (SSSR count). The van der Waals surface area contributed by atoms with E-state index in [1.165, 1.54) is 26.7 Å². The van der Waals surface area contributed by atoms with Crippen LogP contribution in [0.15, 0.2) is 47.1 Å². The van der Waals surface area contributed by atoms with Gasteiger partial charge in [0.15, 0.2) is 5.75 Å². The maximum absolute atomic E-state index is 11.6. The van der Waals surface area contributed by atoms with Crippen molar-refractivity contribution in [3.8, 4) is 17.4 Å². The van der Waals surface area contributed by atoms with Gasteiger partial charge in [0.05, 0.1) is 26.0 Å². The molecule has 1 N–H and O–H groups in total. The summed E-state index contributed by atoms with van der Waals surface area (Å²) < 4.78 is 16.1. The van der Waals surface area contributed by atoms with E-state index >= 15 is 0 Å². The van der Waals surface area contributed by atoms with Crippen LogP contribution < -0.4 is 14.2 Å². The highest BCUT2D eigenvalue weighted by atomic mass is 16.6. The molecule has 1 heterocycles. The van der Waals surface area contributed by atoms with Crippen LogP contribution in [-0.4, -0.2) is 36.4 Å². The molecule has 0 saturated carbocycles. The van der Waals surface area contributed by atoms with Crippen molar-refractivity contribution in [2.45, 2.75) is 67.4 Å². The lowest BCUT2D eigenvalue weighted by atomic mass is 9.96. The number of methoxy groups -OCH3 is 2. The highest BCUT2D eigenvalue weighted by molar-refractivity contribution is 5.72. The molecule has 0 unspecified atom stereocenters. The fraction of sp³-hybridized carbons (Fsp3) is 0.481. The summed E-state index contributed by atoms with van der Waals surface area (Å²) in [6.45, 7) is 13.2. The first-order valence-corrected chi connectivity index (χ1v) is 11.2. The van der Waals surface area contributed by atoms with E-state index in [1.807, 2.05) is 40.7 Å². The lowest BCUT2D eigenvalue weighted by Gasteiger charge is -2.16. The quantitative estimate of drug-likeness (QED) is 0.262. The fourth-order valence-corrected chi connectivity index (χ4v) is 3.37. The maximum atomic E-state index is 11.6. The minimum Gasteiger partial charge on any atom is -0.489 e. The minimum atomic E-state index is -0.464. The Balaban J connectivity index is 2.94. The predicted molar refractivity (Wildman–Crippen MR) is 133 cm³/mol. The van der Waals surface area contributed by atoms with Crippen molar-refractivity contribution >= 4 is 5.97 Å². The van der Waals surface area contributed by atoms with Gasteiger partial charge in [-0.15, -0.1) is 0 Å². The molecule has 6 nitrogen and oxygen atoms in total. The molecule has 1 aromatic heterocycles. The first-order chi connectivity index (χ1) is 15.5. The van der Waals surface area contributed by atoms with E-state index in [9.17, 15) is 9.90 Å². The Hall–Kier alpha value is -2.86. The lowest BCUT2D eigenvalue weighted by Crippen LogP contribution is -2.17. The second-order valence-corrected chi connectivity index (χ2v) is 8.26. The molecule has 0 bridgehead atoms. The second-order valence-electron chi connectivity index (χ2n) is 8.26. The molecule has 0 aliphatic carbocycles. The normalized spacial score (nSPS) is 14.9. The van der Waals surface area contributed by atoms with Gasteiger partial charge in [0, 0.05) is 24.8 Å². The van der Waals surface area contributed by atoms with Crippen molar-refractivity contribution in [3.63, 3.8) is 0 Å². The molecule has 6 heteroatoms. The largest absolute Gasteiger partial charge is 0.489 e. The fourth-order valence-electron chi connectivity index (χ4n) is 3.37.